The minimum absolute atomic E-state index is 0.267. The van der Waals surface area contributed by atoms with Crippen LogP contribution >= 0.6 is 0 Å². The van der Waals surface area contributed by atoms with Crippen LogP contribution in [-0.2, 0) is 10.0 Å². The van der Waals surface area contributed by atoms with Crippen molar-refractivity contribution in [1.82, 2.24) is 0 Å². The van der Waals surface area contributed by atoms with Crippen LogP contribution in [0.1, 0.15) is 29.3 Å². The van der Waals surface area contributed by atoms with Gasteiger partial charge in [0.15, 0.2) is 0 Å². The molecule has 0 atom stereocenters. The topological polar surface area (TPSA) is 90.9 Å². The molecule has 0 bridgehead atoms. The standard InChI is InChI=1S/C19H22N4O3S/c1-13-4-7-16(12-18(13)22-27(3,25)26)20-19(24)15-5-8-17(9-6-15)23-11-10-14(2)21-23/h4-9,12,22H,10-11H2,1-3H3,(H,20,24). The van der Waals surface area contributed by atoms with Gasteiger partial charge in [-0.3, -0.25) is 14.5 Å². The minimum Gasteiger partial charge on any atom is -0.322 e. The van der Waals surface area contributed by atoms with Crippen molar-refractivity contribution < 1.29 is 13.2 Å². The van der Waals surface area contributed by atoms with E-state index in [-0.39, 0.29) is 5.91 Å². The number of hydrazone groups is 1. The molecule has 0 spiro atoms. The summed E-state index contributed by atoms with van der Waals surface area (Å²) in [4.78, 5) is 12.5. The van der Waals surface area contributed by atoms with E-state index < -0.39 is 10.0 Å². The highest BCUT2D eigenvalue weighted by molar-refractivity contribution is 7.92. The lowest BCUT2D eigenvalue weighted by atomic mass is 10.1. The van der Waals surface area contributed by atoms with Gasteiger partial charge in [-0.2, -0.15) is 5.10 Å². The second kappa shape index (κ2) is 7.40. The Labute approximate surface area is 159 Å². The number of benzene rings is 2. The first-order valence-electron chi connectivity index (χ1n) is 8.53. The molecule has 1 aliphatic heterocycles. The highest BCUT2D eigenvalue weighted by atomic mass is 32.2. The zero-order chi connectivity index (χ0) is 19.6. The highest BCUT2D eigenvalue weighted by Gasteiger charge is 2.14. The number of hydrogen-bond acceptors (Lipinski definition) is 5. The van der Waals surface area contributed by atoms with Crippen LogP contribution < -0.4 is 15.0 Å². The maximum Gasteiger partial charge on any atom is 0.255 e. The van der Waals surface area contributed by atoms with Crippen molar-refractivity contribution in [2.75, 3.05) is 27.8 Å². The van der Waals surface area contributed by atoms with Gasteiger partial charge in [0.1, 0.15) is 0 Å². The zero-order valence-corrected chi connectivity index (χ0v) is 16.3. The van der Waals surface area contributed by atoms with Crippen LogP contribution in [0.5, 0.6) is 0 Å². The third-order valence-electron chi connectivity index (χ3n) is 4.20. The van der Waals surface area contributed by atoms with Gasteiger partial charge in [-0.15, -0.1) is 0 Å². The van der Waals surface area contributed by atoms with Crippen LogP contribution in [-0.4, -0.2) is 32.8 Å². The van der Waals surface area contributed by atoms with Gasteiger partial charge in [-0.25, -0.2) is 8.42 Å². The SMILES string of the molecule is CC1=NN(c2ccc(C(=O)Nc3ccc(C)c(NS(C)(=O)=O)c3)cc2)CC1. The first-order valence-corrected chi connectivity index (χ1v) is 10.4. The molecule has 0 aromatic heterocycles. The van der Waals surface area contributed by atoms with Gasteiger partial charge in [0.2, 0.25) is 10.0 Å². The summed E-state index contributed by atoms with van der Waals surface area (Å²) in [5, 5.41) is 9.15. The molecule has 1 aliphatic rings. The van der Waals surface area contributed by atoms with Crippen LogP contribution in [0.15, 0.2) is 47.6 Å². The van der Waals surface area contributed by atoms with Crippen molar-refractivity contribution >= 4 is 38.7 Å². The van der Waals surface area contributed by atoms with E-state index in [1.807, 2.05) is 24.1 Å². The Morgan fingerprint density at radius 2 is 1.81 bits per heavy atom. The second-order valence-corrected chi connectivity index (χ2v) is 8.36. The monoisotopic (exact) mass is 386 g/mol. The van der Waals surface area contributed by atoms with Crippen molar-refractivity contribution in [3.05, 3.63) is 53.6 Å². The second-order valence-electron chi connectivity index (χ2n) is 6.61. The van der Waals surface area contributed by atoms with Gasteiger partial charge in [-0.05, 0) is 55.8 Å². The number of amides is 1. The Bertz CT molecular complexity index is 998. The van der Waals surface area contributed by atoms with E-state index in [2.05, 4.69) is 15.1 Å². The summed E-state index contributed by atoms with van der Waals surface area (Å²) in [6, 6.07) is 12.3. The molecule has 1 heterocycles. The van der Waals surface area contributed by atoms with Gasteiger partial charge in [-0.1, -0.05) is 6.07 Å². The Morgan fingerprint density at radius 1 is 1.11 bits per heavy atom. The molecule has 2 aromatic rings. The number of nitrogens with one attached hydrogen (secondary N) is 2. The minimum atomic E-state index is -3.39. The smallest absolute Gasteiger partial charge is 0.255 e. The predicted octanol–water partition coefficient (Wildman–Crippen LogP) is 3.20. The molecule has 0 radical (unpaired) electrons. The average Bonchev–Trinajstić information content (AvgIpc) is 3.03. The maximum atomic E-state index is 12.5. The van der Waals surface area contributed by atoms with E-state index in [9.17, 15) is 13.2 Å². The van der Waals surface area contributed by atoms with Crippen LogP contribution in [0, 0.1) is 6.92 Å². The Balaban J connectivity index is 1.73. The van der Waals surface area contributed by atoms with Crippen molar-refractivity contribution in [2.24, 2.45) is 5.10 Å². The van der Waals surface area contributed by atoms with Crippen molar-refractivity contribution in [2.45, 2.75) is 20.3 Å². The Morgan fingerprint density at radius 3 is 2.41 bits per heavy atom. The number of rotatable bonds is 5. The quantitative estimate of drug-likeness (QED) is 0.826. The molecule has 0 fully saturated rings. The number of anilines is 3. The largest absolute Gasteiger partial charge is 0.322 e. The van der Waals surface area contributed by atoms with Crippen LogP contribution in [0.2, 0.25) is 0 Å². The van der Waals surface area contributed by atoms with Crippen molar-refractivity contribution in [3.8, 4) is 0 Å². The highest BCUT2D eigenvalue weighted by Crippen LogP contribution is 2.23. The molecule has 7 nitrogen and oxygen atoms in total. The number of carbonyl (C=O) groups is 1. The maximum absolute atomic E-state index is 12.5. The summed E-state index contributed by atoms with van der Waals surface area (Å²) in [5.41, 5.74) is 4.27. The van der Waals surface area contributed by atoms with Gasteiger partial charge < -0.3 is 5.32 Å². The van der Waals surface area contributed by atoms with E-state index in [1.165, 1.54) is 0 Å². The van der Waals surface area contributed by atoms with E-state index in [4.69, 9.17) is 0 Å². The van der Waals surface area contributed by atoms with Gasteiger partial charge >= 0.3 is 0 Å². The molecule has 3 rings (SSSR count). The molecule has 2 aromatic carbocycles. The van der Waals surface area contributed by atoms with Gasteiger partial charge in [0.05, 0.1) is 17.6 Å². The average molecular weight is 386 g/mol. The molecule has 0 unspecified atom stereocenters. The fourth-order valence-electron chi connectivity index (χ4n) is 2.76. The molecule has 8 heteroatoms. The number of carbonyl (C=O) groups excluding carboxylic acids is 1. The molecular formula is C19H22N4O3S. The fraction of sp³-hybridized carbons (Fsp3) is 0.263. The zero-order valence-electron chi connectivity index (χ0n) is 15.5. The first kappa shape index (κ1) is 18.9. The van der Waals surface area contributed by atoms with Gasteiger partial charge in [0.25, 0.3) is 5.91 Å². The first-order chi connectivity index (χ1) is 12.7. The number of sulfonamides is 1. The van der Waals surface area contributed by atoms with Crippen LogP contribution in [0.3, 0.4) is 0 Å². The summed E-state index contributed by atoms with van der Waals surface area (Å²) in [7, 11) is -3.39. The van der Waals surface area contributed by atoms with E-state index >= 15 is 0 Å². The van der Waals surface area contributed by atoms with Crippen LogP contribution in [0.4, 0.5) is 17.1 Å². The third-order valence-corrected chi connectivity index (χ3v) is 4.79. The molecular weight excluding hydrogens is 364 g/mol. The lowest BCUT2D eigenvalue weighted by Crippen LogP contribution is -2.15. The molecule has 142 valence electrons. The van der Waals surface area contributed by atoms with E-state index in [0.717, 1.165) is 36.2 Å². The number of hydrogen-bond donors (Lipinski definition) is 2. The predicted molar refractivity (Wildman–Crippen MR) is 109 cm³/mol. The lowest BCUT2D eigenvalue weighted by Gasteiger charge is -2.14. The van der Waals surface area contributed by atoms with Crippen molar-refractivity contribution in [1.29, 1.82) is 0 Å². The molecule has 1 amide bonds. The Hall–Kier alpha value is -2.87. The number of aryl methyl sites for hydroxylation is 1. The van der Waals surface area contributed by atoms with Crippen molar-refractivity contribution in [3.63, 3.8) is 0 Å². The molecule has 27 heavy (non-hydrogen) atoms. The normalized spacial score (nSPS) is 14.0. The van der Waals surface area contributed by atoms with E-state index in [0.29, 0.717) is 16.9 Å². The summed E-state index contributed by atoms with van der Waals surface area (Å²) >= 11 is 0. The molecule has 0 saturated heterocycles. The third kappa shape index (κ3) is 4.85. The summed E-state index contributed by atoms with van der Waals surface area (Å²) < 4.78 is 25.4. The summed E-state index contributed by atoms with van der Waals surface area (Å²) in [6.45, 7) is 4.63. The fourth-order valence-corrected chi connectivity index (χ4v) is 3.38. The molecule has 2 N–H and O–H groups in total. The summed E-state index contributed by atoms with van der Waals surface area (Å²) in [5.74, 6) is -0.267. The number of nitrogens with zero attached hydrogens (tertiary/aromatic N) is 2. The summed E-state index contributed by atoms with van der Waals surface area (Å²) in [6.07, 6.45) is 2.03. The van der Waals surface area contributed by atoms with E-state index in [1.54, 1.807) is 37.3 Å². The van der Waals surface area contributed by atoms with Crippen LogP contribution in [0.25, 0.3) is 0 Å². The van der Waals surface area contributed by atoms with Gasteiger partial charge in [0, 0.05) is 29.9 Å². The lowest BCUT2D eigenvalue weighted by molar-refractivity contribution is 0.102. The molecule has 0 saturated carbocycles. The molecule has 0 aliphatic carbocycles. The Kier molecular flexibility index (Phi) is 5.18.